The van der Waals surface area contributed by atoms with E-state index in [9.17, 15) is 9.59 Å². The molecule has 4 rings (SSSR count). The molecule has 186 valence electrons. The summed E-state index contributed by atoms with van der Waals surface area (Å²) in [4.78, 5) is 27.6. The van der Waals surface area contributed by atoms with Crippen LogP contribution in [0, 0.1) is 0 Å². The summed E-state index contributed by atoms with van der Waals surface area (Å²) in [6.45, 7) is 12.9. The van der Waals surface area contributed by atoms with Gasteiger partial charge in [0, 0.05) is 17.9 Å². The Hall–Kier alpha value is -2.84. The highest BCUT2D eigenvalue weighted by Gasteiger charge is 2.51. The summed E-state index contributed by atoms with van der Waals surface area (Å²) in [5.41, 5.74) is 2.69. The minimum Gasteiger partial charge on any atom is -0.399 e. The van der Waals surface area contributed by atoms with Crippen LogP contribution in [0.1, 0.15) is 65.9 Å². The maximum atomic E-state index is 13.0. The van der Waals surface area contributed by atoms with E-state index in [1.807, 2.05) is 76.2 Å². The van der Waals surface area contributed by atoms with Crippen LogP contribution in [-0.2, 0) is 14.1 Å². The van der Waals surface area contributed by atoms with Crippen molar-refractivity contribution >= 4 is 35.9 Å². The van der Waals surface area contributed by atoms with E-state index in [0.717, 1.165) is 17.6 Å². The first kappa shape index (κ1) is 25.3. The minimum atomic E-state index is -0.507. The average Bonchev–Trinajstić information content (AvgIpc) is 3.37. The molecule has 35 heavy (non-hydrogen) atoms. The molecule has 8 heteroatoms. The van der Waals surface area contributed by atoms with Crippen LogP contribution in [0.5, 0.6) is 0 Å². The van der Waals surface area contributed by atoms with E-state index in [-0.39, 0.29) is 11.9 Å². The molecule has 2 aliphatic heterocycles. The zero-order valence-corrected chi connectivity index (χ0v) is 21.6. The van der Waals surface area contributed by atoms with Gasteiger partial charge < -0.3 is 24.8 Å². The molecular formula is C27H36BN3O4. The highest BCUT2D eigenvalue weighted by molar-refractivity contribution is 6.62. The summed E-state index contributed by atoms with van der Waals surface area (Å²) in [5, 5.41) is 5.89. The minimum absolute atomic E-state index is 0.184. The van der Waals surface area contributed by atoms with Crippen molar-refractivity contribution in [3.63, 3.8) is 0 Å². The SMILES string of the molecule is CC(C)c1ccc(NC(=O)N2CCC[C@@H]2C(=O)Nc2ccc(B3OC(C)(C)C(C)(C)O3)cc2)cc1. The summed E-state index contributed by atoms with van der Waals surface area (Å²) in [6.07, 6.45) is 1.43. The molecular weight excluding hydrogens is 441 g/mol. The third-order valence-electron chi connectivity index (χ3n) is 7.35. The van der Waals surface area contributed by atoms with E-state index in [0.29, 0.717) is 24.6 Å². The van der Waals surface area contributed by atoms with Gasteiger partial charge in [0.2, 0.25) is 5.91 Å². The standard InChI is InChI=1S/C27H36BN3O4/c1-18(2)19-9-13-22(14-10-19)30-25(33)31-17-7-8-23(31)24(32)29-21-15-11-20(12-16-21)28-34-26(3,4)27(5,6)35-28/h9-16,18,23H,7-8,17H2,1-6H3,(H,29,32)(H,30,33)/t23-/m1/s1. The number of hydrogen-bond donors (Lipinski definition) is 2. The molecule has 0 aliphatic carbocycles. The number of nitrogens with one attached hydrogen (secondary N) is 2. The van der Waals surface area contributed by atoms with Crippen LogP contribution >= 0.6 is 0 Å². The molecule has 7 nitrogen and oxygen atoms in total. The van der Waals surface area contributed by atoms with E-state index in [1.165, 1.54) is 5.56 Å². The summed E-state index contributed by atoms with van der Waals surface area (Å²) in [5.74, 6) is 0.244. The van der Waals surface area contributed by atoms with E-state index >= 15 is 0 Å². The van der Waals surface area contributed by atoms with Gasteiger partial charge in [-0.3, -0.25) is 4.79 Å². The van der Waals surface area contributed by atoms with Gasteiger partial charge in [-0.15, -0.1) is 0 Å². The second-order valence-electron chi connectivity index (χ2n) is 10.8. The molecule has 2 N–H and O–H groups in total. The molecule has 2 aliphatic rings. The molecule has 0 saturated carbocycles. The smallest absolute Gasteiger partial charge is 0.399 e. The molecule has 2 heterocycles. The molecule has 1 atom stereocenters. The molecule has 2 saturated heterocycles. The first-order valence-corrected chi connectivity index (χ1v) is 12.4. The first-order chi connectivity index (χ1) is 16.5. The Labute approximate surface area is 208 Å². The van der Waals surface area contributed by atoms with Crippen molar-refractivity contribution < 1.29 is 18.9 Å². The van der Waals surface area contributed by atoms with Crippen LogP contribution in [0.15, 0.2) is 48.5 Å². The molecule has 2 aromatic carbocycles. The molecule has 2 aromatic rings. The average molecular weight is 477 g/mol. The van der Waals surface area contributed by atoms with Crippen molar-refractivity contribution in [2.45, 2.75) is 77.5 Å². The Morgan fingerprint density at radius 2 is 1.46 bits per heavy atom. The highest BCUT2D eigenvalue weighted by atomic mass is 16.7. The zero-order chi connectivity index (χ0) is 25.4. The fraction of sp³-hybridized carbons (Fsp3) is 0.481. The number of nitrogens with zero attached hydrogens (tertiary/aromatic N) is 1. The van der Waals surface area contributed by atoms with Crippen LogP contribution in [0.3, 0.4) is 0 Å². The lowest BCUT2D eigenvalue weighted by atomic mass is 9.79. The van der Waals surface area contributed by atoms with Gasteiger partial charge >= 0.3 is 13.1 Å². The lowest BCUT2D eigenvalue weighted by Crippen LogP contribution is -2.45. The second kappa shape index (κ2) is 9.67. The third kappa shape index (κ3) is 5.38. The normalized spacial score (nSPS) is 20.8. The number of likely N-dealkylation sites (tertiary alicyclic amines) is 1. The molecule has 0 bridgehead atoms. The van der Waals surface area contributed by atoms with E-state index < -0.39 is 24.4 Å². The number of anilines is 2. The molecule has 0 aromatic heterocycles. The number of hydrogen-bond acceptors (Lipinski definition) is 4. The van der Waals surface area contributed by atoms with E-state index in [2.05, 4.69) is 24.5 Å². The van der Waals surface area contributed by atoms with Crippen molar-refractivity contribution in [1.82, 2.24) is 4.90 Å². The Morgan fingerprint density at radius 3 is 2.03 bits per heavy atom. The van der Waals surface area contributed by atoms with Gasteiger partial charge in [-0.05, 0) is 81.7 Å². The summed E-state index contributed by atoms with van der Waals surface area (Å²) < 4.78 is 12.2. The summed E-state index contributed by atoms with van der Waals surface area (Å²) in [7, 11) is -0.451. The Balaban J connectivity index is 1.36. The van der Waals surface area contributed by atoms with Crippen LogP contribution in [-0.4, -0.2) is 47.7 Å². The Morgan fingerprint density at radius 1 is 0.914 bits per heavy atom. The maximum absolute atomic E-state index is 13.0. The van der Waals surface area contributed by atoms with Crippen LogP contribution in [0.25, 0.3) is 0 Å². The molecule has 2 fully saturated rings. The fourth-order valence-corrected chi connectivity index (χ4v) is 4.36. The number of carbonyl (C=O) groups is 2. The van der Waals surface area contributed by atoms with Gasteiger partial charge in [-0.1, -0.05) is 38.1 Å². The van der Waals surface area contributed by atoms with Gasteiger partial charge in [0.05, 0.1) is 11.2 Å². The first-order valence-electron chi connectivity index (χ1n) is 12.4. The van der Waals surface area contributed by atoms with Crippen molar-refractivity contribution in [1.29, 1.82) is 0 Å². The van der Waals surface area contributed by atoms with Crippen molar-refractivity contribution in [2.24, 2.45) is 0 Å². The number of carbonyl (C=O) groups excluding carboxylic acids is 2. The monoisotopic (exact) mass is 477 g/mol. The van der Waals surface area contributed by atoms with Gasteiger partial charge in [-0.2, -0.15) is 0 Å². The van der Waals surface area contributed by atoms with Gasteiger partial charge in [0.25, 0.3) is 0 Å². The Kier molecular flexibility index (Phi) is 6.98. The van der Waals surface area contributed by atoms with Gasteiger partial charge in [-0.25, -0.2) is 4.79 Å². The predicted molar refractivity (Wildman–Crippen MR) is 140 cm³/mol. The molecule has 0 unspecified atom stereocenters. The predicted octanol–water partition coefficient (Wildman–Crippen LogP) is 4.74. The Bertz CT molecular complexity index is 1050. The van der Waals surface area contributed by atoms with Crippen molar-refractivity contribution in [2.75, 3.05) is 17.2 Å². The molecule has 3 amide bonds. The maximum Gasteiger partial charge on any atom is 0.494 e. The van der Waals surface area contributed by atoms with Crippen molar-refractivity contribution in [3.05, 3.63) is 54.1 Å². The summed E-state index contributed by atoms with van der Waals surface area (Å²) in [6, 6.07) is 14.6. The van der Waals surface area contributed by atoms with E-state index in [1.54, 1.807) is 4.90 Å². The van der Waals surface area contributed by atoms with Gasteiger partial charge in [0.1, 0.15) is 6.04 Å². The quantitative estimate of drug-likeness (QED) is 0.610. The van der Waals surface area contributed by atoms with Gasteiger partial charge in [0.15, 0.2) is 0 Å². The number of urea groups is 1. The highest BCUT2D eigenvalue weighted by Crippen LogP contribution is 2.36. The summed E-state index contributed by atoms with van der Waals surface area (Å²) >= 11 is 0. The number of benzene rings is 2. The largest absolute Gasteiger partial charge is 0.494 e. The zero-order valence-electron chi connectivity index (χ0n) is 21.6. The number of rotatable bonds is 5. The van der Waals surface area contributed by atoms with E-state index in [4.69, 9.17) is 9.31 Å². The third-order valence-corrected chi connectivity index (χ3v) is 7.35. The van der Waals surface area contributed by atoms with Crippen molar-refractivity contribution in [3.8, 4) is 0 Å². The lowest BCUT2D eigenvalue weighted by molar-refractivity contribution is -0.119. The molecule has 0 spiro atoms. The van der Waals surface area contributed by atoms with Crippen LogP contribution in [0.4, 0.5) is 16.2 Å². The topological polar surface area (TPSA) is 79.9 Å². The van der Waals surface area contributed by atoms with Crippen LogP contribution in [0.2, 0.25) is 0 Å². The lowest BCUT2D eigenvalue weighted by Gasteiger charge is -2.32. The molecule has 0 radical (unpaired) electrons. The van der Waals surface area contributed by atoms with Crippen LogP contribution < -0.4 is 16.1 Å². The number of amides is 3. The second-order valence-corrected chi connectivity index (χ2v) is 10.8. The fourth-order valence-electron chi connectivity index (χ4n) is 4.36.